The summed E-state index contributed by atoms with van der Waals surface area (Å²) in [5, 5.41) is 9.28. The minimum atomic E-state index is -0.980. The Kier molecular flexibility index (Phi) is 3.31. The summed E-state index contributed by atoms with van der Waals surface area (Å²) in [6, 6.07) is 3.18. The molecule has 21 heavy (non-hydrogen) atoms. The van der Waals surface area contributed by atoms with Gasteiger partial charge in [0.2, 0.25) is 5.91 Å². The van der Waals surface area contributed by atoms with E-state index in [0.717, 1.165) is 25.8 Å². The van der Waals surface area contributed by atoms with Crippen LogP contribution in [-0.2, 0) is 4.79 Å². The topological polar surface area (TPSA) is 73.7 Å². The van der Waals surface area contributed by atoms with Gasteiger partial charge in [-0.3, -0.25) is 4.79 Å². The van der Waals surface area contributed by atoms with Crippen molar-refractivity contribution in [2.24, 2.45) is 5.41 Å². The molecule has 0 aliphatic carbocycles. The molecule has 1 amide bonds. The number of carbonyl (C=O) groups excluding carboxylic acids is 1. The van der Waals surface area contributed by atoms with E-state index >= 15 is 0 Å². The molecule has 0 saturated carbocycles. The summed E-state index contributed by atoms with van der Waals surface area (Å²) in [5.74, 6) is -0.321. The molecule has 1 aromatic rings. The van der Waals surface area contributed by atoms with Crippen molar-refractivity contribution < 1.29 is 14.7 Å². The lowest BCUT2D eigenvalue weighted by atomic mass is 9.78. The van der Waals surface area contributed by atoms with Crippen LogP contribution in [0, 0.1) is 5.41 Å². The first kappa shape index (κ1) is 13.9. The van der Waals surface area contributed by atoms with Gasteiger partial charge in [0.25, 0.3) is 0 Å². The molecular weight excluding hydrogens is 270 g/mol. The van der Waals surface area contributed by atoms with E-state index in [-0.39, 0.29) is 16.9 Å². The Morgan fingerprint density at radius 2 is 2.19 bits per heavy atom. The van der Waals surface area contributed by atoms with Gasteiger partial charge in [-0.05, 0) is 31.4 Å². The molecule has 0 radical (unpaired) electrons. The Morgan fingerprint density at radius 3 is 2.95 bits per heavy atom. The molecule has 1 spiro atoms. The molecule has 6 heteroatoms. The quantitative estimate of drug-likeness (QED) is 0.886. The number of pyridine rings is 1. The van der Waals surface area contributed by atoms with Gasteiger partial charge in [-0.15, -0.1) is 0 Å². The molecule has 0 bridgehead atoms. The number of carboxylic acid groups (broad SMARTS) is 1. The third kappa shape index (κ3) is 2.24. The number of amides is 1. The average molecular weight is 289 g/mol. The number of likely N-dealkylation sites (tertiary alicyclic amines) is 1. The minimum Gasteiger partial charge on any atom is -0.478 e. The number of aromatic nitrogens is 1. The van der Waals surface area contributed by atoms with E-state index in [2.05, 4.69) is 4.98 Å². The van der Waals surface area contributed by atoms with Gasteiger partial charge >= 0.3 is 5.97 Å². The summed E-state index contributed by atoms with van der Waals surface area (Å²) in [7, 11) is 1.84. The summed E-state index contributed by atoms with van der Waals surface area (Å²) >= 11 is 0. The summed E-state index contributed by atoms with van der Waals surface area (Å²) < 4.78 is 0. The van der Waals surface area contributed by atoms with Crippen LogP contribution in [0.1, 0.15) is 29.6 Å². The molecule has 2 fully saturated rings. The standard InChI is InChI=1S/C15H19N3O3/c1-17-8-3-5-15(14(17)21)6-9-18(10-15)12-11(13(19)20)4-2-7-16-12/h2,4,7H,3,5-6,8-10H2,1H3,(H,19,20)/t15-/m0/s1. The highest BCUT2D eigenvalue weighted by atomic mass is 16.4. The second-order valence-corrected chi connectivity index (χ2v) is 5.96. The highest BCUT2D eigenvalue weighted by Crippen LogP contribution is 2.41. The number of anilines is 1. The monoisotopic (exact) mass is 289 g/mol. The first-order chi connectivity index (χ1) is 10.0. The van der Waals surface area contributed by atoms with Gasteiger partial charge in [0, 0.05) is 32.9 Å². The number of rotatable bonds is 2. The molecule has 2 aliphatic rings. The molecule has 112 valence electrons. The van der Waals surface area contributed by atoms with Crippen LogP contribution in [0.2, 0.25) is 0 Å². The Hall–Kier alpha value is -2.11. The number of piperidine rings is 1. The van der Waals surface area contributed by atoms with Crippen molar-refractivity contribution in [1.82, 2.24) is 9.88 Å². The molecule has 1 aromatic heterocycles. The smallest absolute Gasteiger partial charge is 0.339 e. The van der Waals surface area contributed by atoms with Gasteiger partial charge in [0.1, 0.15) is 11.4 Å². The molecule has 3 heterocycles. The van der Waals surface area contributed by atoms with Crippen LogP contribution in [-0.4, -0.2) is 53.5 Å². The van der Waals surface area contributed by atoms with Crippen LogP contribution in [0.15, 0.2) is 18.3 Å². The maximum atomic E-state index is 12.5. The lowest BCUT2D eigenvalue weighted by Gasteiger charge is -2.37. The minimum absolute atomic E-state index is 0.184. The van der Waals surface area contributed by atoms with E-state index < -0.39 is 5.97 Å². The average Bonchev–Trinajstić information content (AvgIpc) is 2.90. The Morgan fingerprint density at radius 1 is 1.38 bits per heavy atom. The second kappa shape index (κ2) is 5.02. The van der Waals surface area contributed by atoms with Crippen LogP contribution in [0.3, 0.4) is 0 Å². The zero-order chi connectivity index (χ0) is 15.0. The summed E-state index contributed by atoms with van der Waals surface area (Å²) in [6.45, 7) is 2.05. The molecule has 2 aliphatic heterocycles. The summed E-state index contributed by atoms with van der Waals surface area (Å²) in [4.78, 5) is 31.8. The molecule has 6 nitrogen and oxygen atoms in total. The van der Waals surface area contributed by atoms with Crippen LogP contribution in [0.4, 0.5) is 5.82 Å². The van der Waals surface area contributed by atoms with Crippen molar-refractivity contribution in [3.63, 3.8) is 0 Å². The molecule has 1 atom stereocenters. The zero-order valence-electron chi connectivity index (χ0n) is 12.1. The van der Waals surface area contributed by atoms with Gasteiger partial charge in [-0.1, -0.05) is 0 Å². The third-order valence-corrected chi connectivity index (χ3v) is 4.62. The van der Waals surface area contributed by atoms with Crippen molar-refractivity contribution in [2.45, 2.75) is 19.3 Å². The maximum absolute atomic E-state index is 12.5. The van der Waals surface area contributed by atoms with Crippen LogP contribution >= 0.6 is 0 Å². The first-order valence-electron chi connectivity index (χ1n) is 7.22. The van der Waals surface area contributed by atoms with Crippen molar-refractivity contribution in [3.05, 3.63) is 23.9 Å². The third-order valence-electron chi connectivity index (χ3n) is 4.62. The van der Waals surface area contributed by atoms with E-state index in [1.54, 1.807) is 23.2 Å². The predicted molar refractivity (Wildman–Crippen MR) is 77.3 cm³/mol. The number of carbonyl (C=O) groups is 2. The van der Waals surface area contributed by atoms with Crippen molar-refractivity contribution in [1.29, 1.82) is 0 Å². The van der Waals surface area contributed by atoms with Crippen LogP contribution in [0.25, 0.3) is 0 Å². The first-order valence-corrected chi connectivity index (χ1v) is 7.22. The van der Waals surface area contributed by atoms with Crippen molar-refractivity contribution in [2.75, 3.05) is 31.6 Å². The second-order valence-electron chi connectivity index (χ2n) is 5.96. The van der Waals surface area contributed by atoms with Gasteiger partial charge in [-0.25, -0.2) is 9.78 Å². The highest BCUT2D eigenvalue weighted by molar-refractivity contribution is 5.93. The van der Waals surface area contributed by atoms with Gasteiger partial charge < -0.3 is 14.9 Å². The zero-order valence-corrected chi connectivity index (χ0v) is 12.1. The largest absolute Gasteiger partial charge is 0.478 e. The molecule has 3 rings (SSSR count). The van der Waals surface area contributed by atoms with E-state index in [4.69, 9.17) is 0 Å². The molecule has 0 unspecified atom stereocenters. The molecule has 2 saturated heterocycles. The number of aromatic carboxylic acids is 1. The summed E-state index contributed by atoms with van der Waals surface area (Å²) in [6.07, 6.45) is 4.25. The predicted octanol–water partition coefficient (Wildman–Crippen LogP) is 1.23. The Bertz CT molecular complexity index is 589. The number of carboxylic acids is 1. The van der Waals surface area contributed by atoms with Crippen molar-refractivity contribution in [3.8, 4) is 0 Å². The van der Waals surface area contributed by atoms with Crippen LogP contribution in [0.5, 0.6) is 0 Å². The fourth-order valence-corrected chi connectivity index (χ4v) is 3.52. The highest BCUT2D eigenvalue weighted by Gasteiger charge is 2.48. The normalized spacial score (nSPS) is 25.7. The maximum Gasteiger partial charge on any atom is 0.339 e. The number of nitrogens with zero attached hydrogens (tertiary/aromatic N) is 3. The fraction of sp³-hybridized carbons (Fsp3) is 0.533. The fourth-order valence-electron chi connectivity index (χ4n) is 3.52. The molecule has 0 aromatic carbocycles. The molecular formula is C15H19N3O3. The van der Waals surface area contributed by atoms with Crippen molar-refractivity contribution >= 4 is 17.7 Å². The molecule has 1 N–H and O–H groups in total. The van der Waals surface area contributed by atoms with E-state index in [1.165, 1.54) is 0 Å². The Labute approximate surface area is 123 Å². The number of hydrogen-bond donors (Lipinski definition) is 1. The van der Waals surface area contributed by atoms with Gasteiger partial charge in [0.15, 0.2) is 0 Å². The number of hydrogen-bond acceptors (Lipinski definition) is 4. The van der Waals surface area contributed by atoms with Crippen LogP contribution < -0.4 is 4.90 Å². The van der Waals surface area contributed by atoms with E-state index in [0.29, 0.717) is 18.9 Å². The lowest BCUT2D eigenvalue weighted by molar-refractivity contribution is -0.143. The SMILES string of the molecule is CN1CCC[C@@]2(CCN(c3ncccc3C(=O)O)C2)C1=O. The van der Waals surface area contributed by atoms with E-state index in [9.17, 15) is 14.7 Å². The Balaban J connectivity index is 1.88. The van der Waals surface area contributed by atoms with Gasteiger partial charge in [-0.2, -0.15) is 0 Å². The summed E-state index contributed by atoms with van der Waals surface area (Å²) in [5.41, 5.74) is -0.161. The lowest BCUT2D eigenvalue weighted by Crippen LogP contribution is -2.48. The van der Waals surface area contributed by atoms with Gasteiger partial charge in [0.05, 0.1) is 5.41 Å². The van der Waals surface area contributed by atoms with E-state index in [1.807, 2.05) is 11.9 Å².